The zero-order valence-corrected chi connectivity index (χ0v) is 14.9. The quantitative estimate of drug-likeness (QED) is 0.718. The Morgan fingerprint density at radius 2 is 1.70 bits per heavy atom. The average Bonchev–Trinajstić information content (AvgIpc) is 2.75. The number of hydrogen-bond donors (Lipinski definition) is 1. The van der Waals surface area contributed by atoms with Gasteiger partial charge in [0.1, 0.15) is 0 Å². The van der Waals surface area contributed by atoms with Gasteiger partial charge in [-0.1, -0.05) is 38.1 Å². The molecule has 1 atom stereocenters. The van der Waals surface area contributed by atoms with E-state index in [1.807, 2.05) is 11.3 Å². The largest absolute Gasteiger partial charge is 0.305 e. The Hall–Kier alpha value is -0.640. The second-order valence-corrected chi connectivity index (χ2v) is 7.74. The Morgan fingerprint density at radius 1 is 1.10 bits per heavy atom. The van der Waals surface area contributed by atoms with Gasteiger partial charge in [0.15, 0.2) is 0 Å². The van der Waals surface area contributed by atoms with Crippen LogP contribution in [0.3, 0.4) is 0 Å². The lowest BCUT2D eigenvalue weighted by Crippen LogP contribution is -2.17. The number of aryl methyl sites for hydroxylation is 1. The number of nitrogens with one attached hydrogen (secondary N) is 1. The molecule has 0 spiro atoms. The maximum atomic E-state index is 3.59. The van der Waals surface area contributed by atoms with Gasteiger partial charge in [0.05, 0.1) is 0 Å². The van der Waals surface area contributed by atoms with Gasteiger partial charge in [0, 0.05) is 26.8 Å². The van der Waals surface area contributed by atoms with Crippen molar-refractivity contribution in [3.63, 3.8) is 0 Å². The van der Waals surface area contributed by atoms with Crippen molar-refractivity contribution in [2.45, 2.75) is 46.2 Å². The van der Waals surface area contributed by atoms with Crippen LogP contribution in [0.4, 0.5) is 0 Å². The van der Waals surface area contributed by atoms with E-state index in [0.717, 1.165) is 6.54 Å². The maximum Gasteiger partial charge on any atom is 0.0314 e. The van der Waals surface area contributed by atoms with Gasteiger partial charge in [-0.3, -0.25) is 0 Å². The summed E-state index contributed by atoms with van der Waals surface area (Å²) in [5.41, 5.74) is 2.75. The molecule has 0 aliphatic carbocycles. The molecule has 1 aromatic heterocycles. The predicted octanol–water partition coefficient (Wildman–Crippen LogP) is 5.79. The highest BCUT2D eigenvalue weighted by molar-refractivity contribution is 9.10. The van der Waals surface area contributed by atoms with Crippen LogP contribution in [0.5, 0.6) is 0 Å². The van der Waals surface area contributed by atoms with Crippen LogP contribution >= 0.6 is 27.3 Å². The van der Waals surface area contributed by atoms with Gasteiger partial charge >= 0.3 is 0 Å². The molecule has 1 aromatic carbocycles. The van der Waals surface area contributed by atoms with Gasteiger partial charge in [-0.2, -0.15) is 0 Å². The van der Waals surface area contributed by atoms with E-state index in [2.05, 4.69) is 79.3 Å². The van der Waals surface area contributed by atoms with Crippen LogP contribution in [0, 0.1) is 6.92 Å². The van der Waals surface area contributed by atoms with Crippen LogP contribution in [-0.4, -0.2) is 0 Å². The molecule has 0 saturated heterocycles. The van der Waals surface area contributed by atoms with Crippen molar-refractivity contribution in [3.05, 3.63) is 55.7 Å². The molecular formula is C17H22BrNS. The van der Waals surface area contributed by atoms with E-state index < -0.39 is 0 Å². The number of benzene rings is 1. The summed E-state index contributed by atoms with van der Waals surface area (Å²) in [6.45, 7) is 9.75. The zero-order valence-electron chi connectivity index (χ0n) is 12.5. The van der Waals surface area contributed by atoms with E-state index >= 15 is 0 Å². The Balaban J connectivity index is 1.95. The van der Waals surface area contributed by atoms with Crippen molar-refractivity contribution < 1.29 is 0 Å². The van der Waals surface area contributed by atoms with E-state index in [4.69, 9.17) is 0 Å². The van der Waals surface area contributed by atoms with Crippen molar-refractivity contribution >= 4 is 27.3 Å². The summed E-state index contributed by atoms with van der Waals surface area (Å²) in [6.07, 6.45) is 0. The lowest BCUT2D eigenvalue weighted by atomic mass is 9.99. The fourth-order valence-corrected chi connectivity index (χ4v) is 3.70. The minimum atomic E-state index is 0.373. The van der Waals surface area contributed by atoms with E-state index in [-0.39, 0.29) is 0 Å². The van der Waals surface area contributed by atoms with Crippen molar-refractivity contribution in [2.75, 3.05) is 0 Å². The minimum Gasteiger partial charge on any atom is -0.305 e. The third kappa shape index (κ3) is 3.94. The van der Waals surface area contributed by atoms with Crippen LogP contribution in [-0.2, 0) is 6.54 Å². The molecule has 0 fully saturated rings. The van der Waals surface area contributed by atoms with E-state index in [1.54, 1.807) is 0 Å². The number of hydrogen-bond acceptors (Lipinski definition) is 2. The SMILES string of the molecule is Cc1sc(CNC(C)c2ccc(C(C)C)cc2)cc1Br. The van der Waals surface area contributed by atoms with Crippen LogP contribution in [0.15, 0.2) is 34.8 Å². The number of thiophene rings is 1. The first kappa shape index (κ1) is 15.7. The van der Waals surface area contributed by atoms with Crippen LogP contribution in [0.2, 0.25) is 0 Å². The summed E-state index contributed by atoms with van der Waals surface area (Å²) in [6, 6.07) is 11.5. The maximum absolute atomic E-state index is 3.59. The summed E-state index contributed by atoms with van der Waals surface area (Å²) in [5.74, 6) is 0.596. The van der Waals surface area contributed by atoms with Gasteiger partial charge in [-0.15, -0.1) is 11.3 Å². The molecule has 1 heterocycles. The van der Waals surface area contributed by atoms with E-state index in [0.29, 0.717) is 12.0 Å². The van der Waals surface area contributed by atoms with Crippen LogP contribution in [0.25, 0.3) is 0 Å². The number of rotatable bonds is 5. The van der Waals surface area contributed by atoms with E-state index in [9.17, 15) is 0 Å². The monoisotopic (exact) mass is 351 g/mol. The smallest absolute Gasteiger partial charge is 0.0314 e. The van der Waals surface area contributed by atoms with Gasteiger partial charge < -0.3 is 5.32 Å². The molecule has 1 unspecified atom stereocenters. The van der Waals surface area contributed by atoms with Crippen LogP contribution < -0.4 is 5.32 Å². The van der Waals surface area contributed by atoms with Gasteiger partial charge in [-0.05, 0) is 52.9 Å². The van der Waals surface area contributed by atoms with Crippen molar-refractivity contribution in [2.24, 2.45) is 0 Å². The van der Waals surface area contributed by atoms with Crippen molar-refractivity contribution in [3.8, 4) is 0 Å². The van der Waals surface area contributed by atoms with E-state index in [1.165, 1.54) is 25.4 Å². The predicted molar refractivity (Wildman–Crippen MR) is 92.5 cm³/mol. The minimum absolute atomic E-state index is 0.373. The van der Waals surface area contributed by atoms with Crippen LogP contribution in [0.1, 0.15) is 53.6 Å². The molecule has 0 amide bonds. The molecule has 0 aliphatic rings. The van der Waals surface area contributed by atoms with Gasteiger partial charge in [0.2, 0.25) is 0 Å². The zero-order chi connectivity index (χ0) is 14.7. The summed E-state index contributed by atoms with van der Waals surface area (Å²) < 4.78 is 1.22. The Morgan fingerprint density at radius 3 is 2.20 bits per heavy atom. The molecular weight excluding hydrogens is 330 g/mol. The first-order chi connectivity index (χ1) is 9.47. The third-order valence-corrected chi connectivity index (χ3v) is 5.73. The second-order valence-electron chi connectivity index (χ2n) is 5.54. The molecule has 1 N–H and O–H groups in total. The highest BCUT2D eigenvalue weighted by Gasteiger charge is 2.08. The Labute approximate surface area is 134 Å². The molecule has 0 saturated carbocycles. The highest BCUT2D eigenvalue weighted by atomic mass is 79.9. The highest BCUT2D eigenvalue weighted by Crippen LogP contribution is 2.27. The molecule has 108 valence electrons. The molecule has 2 aromatic rings. The summed E-state index contributed by atoms with van der Waals surface area (Å²) in [7, 11) is 0. The molecule has 20 heavy (non-hydrogen) atoms. The normalized spacial score (nSPS) is 12.9. The summed E-state index contributed by atoms with van der Waals surface area (Å²) >= 11 is 5.42. The molecule has 0 bridgehead atoms. The van der Waals surface area contributed by atoms with Crippen molar-refractivity contribution in [1.29, 1.82) is 0 Å². The van der Waals surface area contributed by atoms with Gasteiger partial charge in [-0.25, -0.2) is 0 Å². The third-order valence-electron chi connectivity index (χ3n) is 3.59. The molecule has 0 radical (unpaired) electrons. The first-order valence-electron chi connectivity index (χ1n) is 7.05. The molecule has 2 rings (SSSR count). The standard InChI is InChI=1S/C17H22BrNS/c1-11(2)14-5-7-15(8-6-14)12(3)19-10-16-9-17(18)13(4)20-16/h5-9,11-12,19H,10H2,1-4H3. The Kier molecular flexibility index (Phi) is 5.42. The molecule has 1 nitrogen and oxygen atoms in total. The molecule has 0 aliphatic heterocycles. The molecule has 3 heteroatoms. The first-order valence-corrected chi connectivity index (χ1v) is 8.66. The van der Waals surface area contributed by atoms with Gasteiger partial charge in [0.25, 0.3) is 0 Å². The van der Waals surface area contributed by atoms with Crippen molar-refractivity contribution in [1.82, 2.24) is 5.32 Å². The summed E-state index contributed by atoms with van der Waals surface area (Å²) in [4.78, 5) is 2.72. The lowest BCUT2D eigenvalue weighted by Gasteiger charge is -2.15. The Bertz CT molecular complexity index is 537. The lowest BCUT2D eigenvalue weighted by molar-refractivity contribution is 0.578. The summed E-state index contributed by atoms with van der Waals surface area (Å²) in [5, 5.41) is 3.59. The average molecular weight is 352 g/mol. The second kappa shape index (κ2) is 6.88. The fraction of sp³-hybridized carbons (Fsp3) is 0.412. The topological polar surface area (TPSA) is 12.0 Å². The number of halogens is 1. The fourth-order valence-electron chi connectivity index (χ4n) is 2.15.